The molecule has 0 fully saturated rings. The van der Waals surface area contributed by atoms with Crippen molar-refractivity contribution >= 4 is 21.6 Å². The molecule has 102 valence electrons. The molecule has 0 aliphatic heterocycles. The minimum atomic E-state index is -0.309. The molecule has 2 rings (SSSR count). The highest BCUT2D eigenvalue weighted by Crippen LogP contribution is 2.20. The number of aliphatic hydroxyl groups is 1. The van der Waals surface area contributed by atoms with Crippen molar-refractivity contribution in [2.75, 3.05) is 11.9 Å². The second-order valence-corrected chi connectivity index (χ2v) is 4.94. The number of aryl methyl sites for hydroxylation is 1. The Hall–Kier alpha value is -1.47. The predicted molar refractivity (Wildman–Crippen MR) is 73.2 cm³/mol. The molecule has 0 amide bonds. The molecule has 7 heteroatoms. The van der Waals surface area contributed by atoms with Crippen LogP contribution in [0.4, 0.5) is 10.1 Å². The summed E-state index contributed by atoms with van der Waals surface area (Å²) in [6.45, 7) is 1.14. The number of nitrogens with one attached hydrogen (secondary N) is 1. The number of anilines is 1. The zero-order valence-electron chi connectivity index (χ0n) is 10.2. The third kappa shape index (κ3) is 4.00. The molecule has 0 aliphatic carbocycles. The lowest BCUT2D eigenvalue weighted by atomic mass is 10.3. The van der Waals surface area contributed by atoms with Gasteiger partial charge < -0.3 is 10.4 Å². The van der Waals surface area contributed by atoms with E-state index in [1.807, 2.05) is 0 Å². The Labute approximate surface area is 118 Å². The molecule has 2 N–H and O–H groups in total. The first-order valence-corrected chi connectivity index (χ1v) is 6.67. The minimum absolute atomic E-state index is 0.122. The number of aliphatic hydroxyl groups excluding tert-OH is 1. The normalized spacial score (nSPS) is 10.7. The Morgan fingerprint density at radius 3 is 3.05 bits per heavy atom. The average molecular weight is 329 g/mol. The molecule has 0 unspecified atom stereocenters. The standard InChI is InChI=1S/C12H14BrFN4O/c13-9-2-3-11(14)12(6-9)15-7-10-8-18(17-16-10)4-1-5-19/h2-3,6,8,15,19H,1,4-5,7H2. The van der Waals surface area contributed by atoms with E-state index in [0.717, 1.165) is 10.2 Å². The highest BCUT2D eigenvalue weighted by Gasteiger charge is 2.04. The molecule has 0 saturated carbocycles. The third-order valence-corrected chi connectivity index (χ3v) is 3.01. The Morgan fingerprint density at radius 1 is 1.42 bits per heavy atom. The number of hydrogen-bond acceptors (Lipinski definition) is 4. The van der Waals surface area contributed by atoms with E-state index >= 15 is 0 Å². The van der Waals surface area contributed by atoms with Gasteiger partial charge in [0.15, 0.2) is 0 Å². The number of hydrogen-bond donors (Lipinski definition) is 2. The SMILES string of the molecule is OCCCn1cc(CNc2cc(Br)ccc2F)nn1. The molecule has 0 spiro atoms. The van der Waals surface area contributed by atoms with Gasteiger partial charge >= 0.3 is 0 Å². The third-order valence-electron chi connectivity index (χ3n) is 2.52. The predicted octanol–water partition coefficient (Wildman–Crippen LogP) is 2.17. The summed E-state index contributed by atoms with van der Waals surface area (Å²) in [5.74, 6) is -0.309. The Kier molecular flexibility index (Phi) is 4.86. The van der Waals surface area contributed by atoms with E-state index in [-0.39, 0.29) is 12.4 Å². The van der Waals surface area contributed by atoms with Crippen LogP contribution in [0.15, 0.2) is 28.9 Å². The second-order valence-electron chi connectivity index (χ2n) is 4.03. The number of rotatable bonds is 6. The van der Waals surface area contributed by atoms with Crippen molar-refractivity contribution in [1.29, 1.82) is 0 Å². The van der Waals surface area contributed by atoms with Crippen molar-refractivity contribution in [2.45, 2.75) is 19.5 Å². The van der Waals surface area contributed by atoms with Gasteiger partial charge in [0.1, 0.15) is 11.5 Å². The van der Waals surface area contributed by atoms with Crippen molar-refractivity contribution in [3.63, 3.8) is 0 Å². The van der Waals surface area contributed by atoms with E-state index in [1.165, 1.54) is 6.07 Å². The molecule has 1 heterocycles. The van der Waals surface area contributed by atoms with Crippen LogP contribution in [-0.2, 0) is 13.1 Å². The van der Waals surface area contributed by atoms with Crippen LogP contribution in [-0.4, -0.2) is 26.7 Å². The summed E-state index contributed by atoms with van der Waals surface area (Å²) in [7, 11) is 0. The summed E-state index contributed by atoms with van der Waals surface area (Å²) in [4.78, 5) is 0. The summed E-state index contributed by atoms with van der Waals surface area (Å²) >= 11 is 3.29. The van der Waals surface area contributed by atoms with Gasteiger partial charge in [-0.1, -0.05) is 21.1 Å². The van der Waals surface area contributed by atoms with Crippen molar-refractivity contribution in [1.82, 2.24) is 15.0 Å². The first-order chi connectivity index (χ1) is 9.19. The van der Waals surface area contributed by atoms with Crippen LogP contribution < -0.4 is 5.32 Å². The van der Waals surface area contributed by atoms with E-state index < -0.39 is 0 Å². The Bertz CT molecular complexity index is 546. The van der Waals surface area contributed by atoms with Gasteiger partial charge in [-0.15, -0.1) is 5.10 Å². The number of benzene rings is 1. The second kappa shape index (κ2) is 6.63. The molecule has 0 atom stereocenters. The topological polar surface area (TPSA) is 63.0 Å². The molecule has 5 nitrogen and oxygen atoms in total. The van der Waals surface area contributed by atoms with E-state index in [1.54, 1.807) is 23.0 Å². The highest BCUT2D eigenvalue weighted by atomic mass is 79.9. The summed E-state index contributed by atoms with van der Waals surface area (Å²) in [6, 6.07) is 4.71. The quantitative estimate of drug-likeness (QED) is 0.853. The van der Waals surface area contributed by atoms with Gasteiger partial charge in [0.05, 0.1) is 18.4 Å². The van der Waals surface area contributed by atoms with Crippen molar-refractivity contribution in [3.05, 3.63) is 40.4 Å². The highest BCUT2D eigenvalue weighted by molar-refractivity contribution is 9.10. The maximum Gasteiger partial charge on any atom is 0.146 e. The lowest BCUT2D eigenvalue weighted by molar-refractivity contribution is 0.276. The smallest absolute Gasteiger partial charge is 0.146 e. The fourth-order valence-corrected chi connectivity index (χ4v) is 1.94. The maximum atomic E-state index is 13.5. The fraction of sp³-hybridized carbons (Fsp3) is 0.333. The molecule has 0 aliphatic rings. The molecule has 19 heavy (non-hydrogen) atoms. The molecule has 0 bridgehead atoms. The molecule has 1 aromatic carbocycles. The maximum absolute atomic E-state index is 13.5. The first-order valence-electron chi connectivity index (χ1n) is 5.88. The van der Waals surface area contributed by atoms with Crippen LogP contribution in [0.2, 0.25) is 0 Å². The van der Waals surface area contributed by atoms with E-state index in [0.29, 0.717) is 25.2 Å². The van der Waals surface area contributed by atoms with Crippen molar-refractivity contribution in [3.8, 4) is 0 Å². The lowest BCUT2D eigenvalue weighted by Crippen LogP contribution is -2.02. The van der Waals surface area contributed by atoms with Gasteiger partial charge in [-0.3, -0.25) is 4.68 Å². The van der Waals surface area contributed by atoms with Crippen LogP contribution in [0, 0.1) is 5.82 Å². The Morgan fingerprint density at radius 2 is 2.26 bits per heavy atom. The first kappa shape index (κ1) is 14.0. The van der Waals surface area contributed by atoms with E-state index in [9.17, 15) is 4.39 Å². The monoisotopic (exact) mass is 328 g/mol. The van der Waals surface area contributed by atoms with Gasteiger partial charge in [-0.2, -0.15) is 0 Å². The van der Waals surface area contributed by atoms with Crippen LogP contribution in [0.1, 0.15) is 12.1 Å². The molecule has 0 radical (unpaired) electrons. The summed E-state index contributed by atoms with van der Waals surface area (Å²) in [5.41, 5.74) is 1.14. The molecular weight excluding hydrogens is 315 g/mol. The zero-order chi connectivity index (χ0) is 13.7. The number of halogens is 2. The fourth-order valence-electron chi connectivity index (χ4n) is 1.58. The molecule has 0 saturated heterocycles. The molecule has 2 aromatic rings. The van der Waals surface area contributed by atoms with Crippen LogP contribution in [0.5, 0.6) is 0 Å². The van der Waals surface area contributed by atoms with Crippen molar-refractivity contribution in [2.24, 2.45) is 0 Å². The van der Waals surface area contributed by atoms with E-state index in [2.05, 4.69) is 31.6 Å². The van der Waals surface area contributed by atoms with Crippen molar-refractivity contribution < 1.29 is 9.50 Å². The van der Waals surface area contributed by atoms with Gasteiger partial charge in [0.2, 0.25) is 0 Å². The molecule has 1 aromatic heterocycles. The summed E-state index contributed by atoms with van der Waals surface area (Å²) < 4.78 is 16.0. The Balaban J connectivity index is 1.94. The lowest BCUT2D eigenvalue weighted by Gasteiger charge is -2.05. The minimum Gasteiger partial charge on any atom is -0.396 e. The van der Waals surface area contributed by atoms with Gasteiger partial charge in [0, 0.05) is 17.6 Å². The largest absolute Gasteiger partial charge is 0.396 e. The van der Waals surface area contributed by atoms with Crippen LogP contribution in [0.3, 0.4) is 0 Å². The number of aromatic nitrogens is 3. The summed E-state index contributed by atoms with van der Waals surface area (Å²) in [6.07, 6.45) is 2.41. The average Bonchev–Trinajstić information content (AvgIpc) is 2.85. The van der Waals surface area contributed by atoms with Crippen LogP contribution in [0.25, 0.3) is 0 Å². The van der Waals surface area contributed by atoms with Crippen LogP contribution >= 0.6 is 15.9 Å². The van der Waals surface area contributed by atoms with Gasteiger partial charge in [0.25, 0.3) is 0 Å². The summed E-state index contributed by atoms with van der Waals surface area (Å²) in [5, 5.41) is 19.6. The van der Waals surface area contributed by atoms with Gasteiger partial charge in [-0.05, 0) is 24.6 Å². The molecular formula is C12H14BrFN4O. The number of nitrogens with zero attached hydrogens (tertiary/aromatic N) is 3. The van der Waals surface area contributed by atoms with E-state index in [4.69, 9.17) is 5.11 Å². The van der Waals surface area contributed by atoms with Gasteiger partial charge in [-0.25, -0.2) is 4.39 Å². The zero-order valence-corrected chi connectivity index (χ0v) is 11.8.